The van der Waals surface area contributed by atoms with Crippen molar-refractivity contribution in [3.63, 3.8) is 0 Å². The number of amides is 1. The van der Waals surface area contributed by atoms with Crippen molar-refractivity contribution in [2.45, 2.75) is 25.6 Å². The maximum Gasteiger partial charge on any atom is 0.418 e. The fraction of sp³-hybridized carbons (Fsp3) is 0.161. The van der Waals surface area contributed by atoms with Gasteiger partial charge in [0.1, 0.15) is 23.0 Å². The highest BCUT2D eigenvalue weighted by molar-refractivity contribution is 5.95. The Morgan fingerprint density at radius 1 is 0.854 bits per heavy atom. The number of hydrogen-bond donors (Lipinski definition) is 1. The van der Waals surface area contributed by atoms with Gasteiger partial charge in [-0.05, 0) is 48.2 Å². The fourth-order valence-corrected chi connectivity index (χ4v) is 4.85. The molecule has 4 nitrogen and oxygen atoms in total. The van der Waals surface area contributed by atoms with Gasteiger partial charge < -0.3 is 5.32 Å². The van der Waals surface area contributed by atoms with Crippen LogP contribution in [0.2, 0.25) is 0 Å². The lowest BCUT2D eigenvalue weighted by Gasteiger charge is -2.12. The second kappa shape index (κ2) is 11.1. The van der Waals surface area contributed by atoms with Crippen LogP contribution in [-0.2, 0) is 25.6 Å². The van der Waals surface area contributed by atoms with Gasteiger partial charge in [-0.2, -0.15) is 18.3 Å². The molecule has 210 valence electrons. The summed E-state index contributed by atoms with van der Waals surface area (Å²) in [5.74, 6) is -3.66. The van der Waals surface area contributed by atoms with Crippen molar-refractivity contribution in [1.82, 2.24) is 15.1 Å². The van der Waals surface area contributed by atoms with E-state index in [4.69, 9.17) is 0 Å². The maximum atomic E-state index is 14.6. The zero-order valence-electron chi connectivity index (χ0n) is 21.7. The highest BCUT2D eigenvalue weighted by Crippen LogP contribution is 2.38. The molecule has 0 saturated carbocycles. The van der Waals surface area contributed by atoms with Gasteiger partial charge in [-0.25, -0.2) is 13.2 Å². The van der Waals surface area contributed by atoms with Crippen molar-refractivity contribution in [1.29, 1.82) is 0 Å². The smallest absolute Gasteiger partial charge is 0.355 e. The molecule has 4 aromatic carbocycles. The van der Waals surface area contributed by atoms with Crippen LogP contribution < -0.4 is 5.32 Å². The molecule has 0 aliphatic carbocycles. The molecule has 0 unspecified atom stereocenters. The highest BCUT2D eigenvalue weighted by atomic mass is 19.4. The normalized spacial score (nSPS) is 11.7. The molecule has 5 aromatic rings. The van der Waals surface area contributed by atoms with Gasteiger partial charge in [0, 0.05) is 41.3 Å². The minimum atomic E-state index is -4.71. The summed E-state index contributed by atoms with van der Waals surface area (Å²) in [4.78, 5) is 12.0. The average Bonchev–Trinajstić information content (AvgIpc) is 3.31. The van der Waals surface area contributed by atoms with Crippen LogP contribution in [0.5, 0.6) is 0 Å². The molecule has 41 heavy (non-hydrogen) atoms. The molecule has 0 spiro atoms. The van der Waals surface area contributed by atoms with Crippen molar-refractivity contribution < 1.29 is 31.1 Å². The lowest BCUT2D eigenvalue weighted by molar-refractivity contribution is -0.136. The minimum Gasteiger partial charge on any atom is -0.355 e. The number of alkyl halides is 3. The molecule has 1 amide bonds. The molecule has 0 saturated heterocycles. The van der Waals surface area contributed by atoms with Crippen LogP contribution in [0.25, 0.3) is 22.2 Å². The van der Waals surface area contributed by atoms with E-state index in [9.17, 15) is 31.1 Å². The first kappa shape index (κ1) is 27.9. The summed E-state index contributed by atoms with van der Waals surface area (Å²) in [5.41, 5.74) is 1.14. The van der Waals surface area contributed by atoms with E-state index in [-0.39, 0.29) is 22.5 Å². The first-order valence-corrected chi connectivity index (χ1v) is 12.7. The second-order valence-electron chi connectivity index (χ2n) is 9.53. The van der Waals surface area contributed by atoms with E-state index >= 15 is 0 Å². The maximum absolute atomic E-state index is 14.6. The highest BCUT2D eigenvalue weighted by Gasteiger charge is 2.34. The van der Waals surface area contributed by atoms with Crippen molar-refractivity contribution >= 4 is 16.8 Å². The van der Waals surface area contributed by atoms with Crippen LogP contribution in [-0.4, -0.2) is 22.7 Å². The van der Waals surface area contributed by atoms with E-state index in [2.05, 4.69) is 10.4 Å². The first-order chi connectivity index (χ1) is 19.5. The SMILES string of the molecule is CNC(=O)c1cccc(CCc2cccc(-c3c4cccc(C(F)(F)F)c4nn3Cc3c(F)cc(F)cc3F)c2)c1. The molecule has 5 rings (SSSR count). The molecule has 1 N–H and O–H groups in total. The van der Waals surface area contributed by atoms with Gasteiger partial charge in [0.15, 0.2) is 0 Å². The lowest BCUT2D eigenvalue weighted by atomic mass is 9.98. The molecule has 1 heterocycles. The van der Waals surface area contributed by atoms with E-state index in [1.165, 1.54) is 12.1 Å². The predicted molar refractivity (Wildman–Crippen MR) is 143 cm³/mol. The third kappa shape index (κ3) is 5.82. The summed E-state index contributed by atoms with van der Waals surface area (Å²) in [7, 11) is 1.55. The van der Waals surface area contributed by atoms with E-state index in [1.54, 1.807) is 43.4 Å². The first-order valence-electron chi connectivity index (χ1n) is 12.7. The second-order valence-corrected chi connectivity index (χ2v) is 9.53. The Morgan fingerprint density at radius 3 is 2.15 bits per heavy atom. The van der Waals surface area contributed by atoms with Gasteiger partial charge in [0.05, 0.1) is 17.8 Å². The summed E-state index contributed by atoms with van der Waals surface area (Å²) in [5, 5.41) is 6.88. The van der Waals surface area contributed by atoms with Crippen LogP contribution in [0.3, 0.4) is 0 Å². The Hall–Kier alpha value is -4.60. The number of aryl methyl sites for hydroxylation is 2. The molecule has 10 heteroatoms. The molecule has 0 atom stereocenters. The van der Waals surface area contributed by atoms with Crippen LogP contribution in [0.15, 0.2) is 78.9 Å². The predicted octanol–water partition coefficient (Wildman–Crippen LogP) is 7.33. The van der Waals surface area contributed by atoms with Gasteiger partial charge in [0.2, 0.25) is 0 Å². The van der Waals surface area contributed by atoms with E-state index < -0.39 is 41.3 Å². The average molecular weight is 568 g/mol. The summed E-state index contributed by atoms with van der Waals surface area (Å²) >= 11 is 0. The Bertz CT molecular complexity index is 1740. The number of carbonyl (C=O) groups is 1. The molecule has 0 fully saturated rings. The topological polar surface area (TPSA) is 46.9 Å². The van der Waals surface area contributed by atoms with Crippen LogP contribution >= 0.6 is 0 Å². The zero-order chi connectivity index (χ0) is 29.3. The number of fused-ring (bicyclic) bond motifs is 1. The largest absolute Gasteiger partial charge is 0.418 e. The van der Waals surface area contributed by atoms with Crippen molar-refractivity contribution in [2.24, 2.45) is 0 Å². The summed E-state index contributed by atoms with van der Waals surface area (Å²) < 4.78 is 85.3. The summed E-state index contributed by atoms with van der Waals surface area (Å²) in [6, 6.07) is 18.9. The van der Waals surface area contributed by atoms with Gasteiger partial charge >= 0.3 is 6.18 Å². The molecule has 0 aliphatic rings. The number of rotatable bonds is 7. The van der Waals surface area contributed by atoms with Crippen LogP contribution in [0.4, 0.5) is 26.3 Å². The fourth-order valence-electron chi connectivity index (χ4n) is 4.85. The van der Waals surface area contributed by atoms with E-state index in [0.29, 0.717) is 36.1 Å². The number of nitrogens with zero attached hydrogens (tertiary/aromatic N) is 2. The zero-order valence-corrected chi connectivity index (χ0v) is 21.7. The van der Waals surface area contributed by atoms with Gasteiger partial charge in [0.25, 0.3) is 5.91 Å². The van der Waals surface area contributed by atoms with E-state index in [0.717, 1.165) is 21.9 Å². The molecular formula is C31H23F6N3O. The molecule has 0 bridgehead atoms. The van der Waals surface area contributed by atoms with Crippen molar-refractivity contribution in [3.8, 4) is 11.3 Å². The van der Waals surface area contributed by atoms with Gasteiger partial charge in [-0.3, -0.25) is 9.48 Å². The number of carbonyl (C=O) groups excluding carboxylic acids is 1. The Labute approximate surface area is 231 Å². The standard InChI is InChI=1S/C31H23F6N3O/c1-38-30(41)21-8-3-6-19(14-21)12-11-18-5-2-7-20(13-18)29-23-9-4-10-25(31(35,36)37)28(23)39-40(29)17-24-26(33)15-22(32)16-27(24)34/h2-10,13-16H,11-12,17H2,1H3,(H,38,41). The number of benzene rings is 4. The third-order valence-electron chi connectivity index (χ3n) is 6.81. The Morgan fingerprint density at radius 2 is 1.49 bits per heavy atom. The quantitative estimate of drug-likeness (QED) is 0.209. The minimum absolute atomic E-state index is 0.151. The van der Waals surface area contributed by atoms with Crippen molar-refractivity contribution in [2.75, 3.05) is 7.05 Å². The number of halogens is 6. The van der Waals surface area contributed by atoms with Gasteiger partial charge in [-0.15, -0.1) is 0 Å². The number of nitrogens with one attached hydrogen (secondary N) is 1. The van der Waals surface area contributed by atoms with Crippen molar-refractivity contribution in [3.05, 3.63) is 124 Å². The summed E-state index contributed by atoms with van der Waals surface area (Å²) in [6.07, 6.45) is -3.59. The molecule has 0 aliphatic heterocycles. The van der Waals surface area contributed by atoms with Gasteiger partial charge in [-0.1, -0.05) is 42.5 Å². The Kier molecular flexibility index (Phi) is 7.57. The van der Waals surface area contributed by atoms with Crippen LogP contribution in [0.1, 0.15) is 32.6 Å². The molecule has 0 radical (unpaired) electrons. The third-order valence-corrected chi connectivity index (χ3v) is 6.81. The van der Waals surface area contributed by atoms with E-state index in [1.807, 2.05) is 12.1 Å². The lowest BCUT2D eigenvalue weighted by Crippen LogP contribution is -2.17. The number of hydrogen-bond acceptors (Lipinski definition) is 2. The Balaban J connectivity index is 1.57. The molecular weight excluding hydrogens is 544 g/mol. The number of aromatic nitrogens is 2. The summed E-state index contributed by atoms with van der Waals surface area (Å²) in [6.45, 7) is -0.560. The monoisotopic (exact) mass is 567 g/mol. The molecule has 1 aromatic heterocycles. The van der Waals surface area contributed by atoms with Crippen LogP contribution in [0, 0.1) is 17.5 Å².